The molecule has 0 aliphatic heterocycles. The van der Waals surface area contributed by atoms with Crippen LogP contribution >= 0.6 is 0 Å². The van der Waals surface area contributed by atoms with Crippen molar-refractivity contribution < 1.29 is 18.7 Å². The number of nitrogen functional groups attached to an aromatic ring is 1. The van der Waals surface area contributed by atoms with Crippen LogP contribution in [0.2, 0.25) is 0 Å². The number of anilines is 2. The smallest absolute Gasteiger partial charge is 0.150 e. The van der Waals surface area contributed by atoms with Crippen molar-refractivity contribution in [3.63, 3.8) is 0 Å². The van der Waals surface area contributed by atoms with Crippen LogP contribution in [-0.2, 0) is 9.53 Å². The number of carbonyl (C=O) groups excluding carboxylic acids is 2. The average molecular weight is 403 g/mol. The van der Waals surface area contributed by atoms with Gasteiger partial charge in [-0.15, -0.1) is 4.91 Å². The number of carbonyl (C=O) groups is 2. The van der Waals surface area contributed by atoms with Crippen LogP contribution < -0.4 is 17.0 Å². The van der Waals surface area contributed by atoms with Crippen LogP contribution in [0.1, 0.15) is 15.9 Å². The number of nitrogens with two attached hydrogens (primary N) is 2. The Balaban J connectivity index is 0.000000643. The summed E-state index contributed by atoms with van der Waals surface area (Å²) in [5.74, 6) is 4.85. The highest BCUT2D eigenvalue weighted by Gasteiger charge is 2.12. The minimum absolute atomic E-state index is 0.166. The number of nitrogens with zero attached hydrogens (tertiary/aromatic N) is 2. The fourth-order valence-corrected chi connectivity index (χ4v) is 1.99. The number of ether oxygens (including phenoxy) is 1. The summed E-state index contributed by atoms with van der Waals surface area (Å²) in [6.45, 7) is 0. The lowest BCUT2D eigenvalue weighted by Gasteiger charge is -2.10. The van der Waals surface area contributed by atoms with Crippen LogP contribution in [0.15, 0.2) is 58.9 Å². The molecule has 0 fully saturated rings. The average Bonchev–Trinajstić information content (AvgIpc) is 2.69. The number of hydrogen-bond donors (Lipinski definition) is 3. The van der Waals surface area contributed by atoms with Crippen molar-refractivity contribution in [3.8, 4) is 0 Å². The van der Waals surface area contributed by atoms with E-state index in [0.29, 0.717) is 18.1 Å². The predicted octanol–water partition coefficient (Wildman–Crippen LogP) is 2.79. The van der Waals surface area contributed by atoms with Crippen LogP contribution in [-0.4, -0.2) is 33.0 Å². The zero-order valence-corrected chi connectivity index (χ0v) is 15.9. The van der Waals surface area contributed by atoms with Crippen LogP contribution in [0.25, 0.3) is 5.57 Å². The fraction of sp³-hybridized carbons (Fsp3) is 0.105. The van der Waals surface area contributed by atoms with Gasteiger partial charge >= 0.3 is 0 Å². The van der Waals surface area contributed by atoms with Gasteiger partial charge in [-0.2, -0.15) is 5.10 Å². The lowest BCUT2D eigenvalue weighted by molar-refractivity contribution is -0.104. The monoisotopic (exact) mass is 403 g/mol. The van der Waals surface area contributed by atoms with E-state index < -0.39 is 0 Å². The Bertz CT molecular complexity index is 842. The van der Waals surface area contributed by atoms with Gasteiger partial charge in [-0.25, -0.2) is 9.82 Å². The highest BCUT2D eigenvalue weighted by Crippen LogP contribution is 2.27. The molecule has 0 saturated carbocycles. The minimum Gasteiger partial charge on any atom is -0.398 e. The molecule has 0 aliphatic carbocycles. The first-order chi connectivity index (χ1) is 14.0. The van der Waals surface area contributed by atoms with Crippen molar-refractivity contribution in [2.45, 2.75) is 0 Å². The molecule has 0 heterocycles. The second-order valence-corrected chi connectivity index (χ2v) is 5.09. The Morgan fingerprint density at radius 2 is 1.79 bits per heavy atom. The topological polar surface area (TPSA) is 149 Å². The van der Waals surface area contributed by atoms with Crippen molar-refractivity contribution in [2.24, 2.45) is 16.2 Å². The summed E-state index contributed by atoms with van der Waals surface area (Å²) >= 11 is 0. The molecule has 0 spiro atoms. The third kappa shape index (κ3) is 9.54. The summed E-state index contributed by atoms with van der Waals surface area (Å²) in [7, 11) is 3.25. The molecule has 2 rings (SSSR count). The Labute approximate surface area is 167 Å². The predicted molar refractivity (Wildman–Crippen MR) is 112 cm³/mol. The number of methoxy groups -OCH3 is 1. The van der Waals surface area contributed by atoms with Crippen LogP contribution in [0.4, 0.5) is 15.8 Å². The number of nitrogens with one attached hydrogen (secondary N) is 1. The fourth-order valence-electron chi connectivity index (χ4n) is 1.99. The molecule has 0 saturated heterocycles. The van der Waals surface area contributed by atoms with Crippen molar-refractivity contribution in [2.75, 3.05) is 25.4 Å². The maximum absolute atomic E-state index is 11.9. The van der Waals surface area contributed by atoms with Gasteiger partial charge < -0.3 is 16.3 Å². The molecule has 0 aromatic heterocycles. The molecule has 0 atom stereocenters. The first-order valence-electron chi connectivity index (χ1n) is 7.95. The molecule has 0 aliphatic rings. The first kappa shape index (κ1) is 25.1. The van der Waals surface area contributed by atoms with Gasteiger partial charge in [-0.1, -0.05) is 18.2 Å². The van der Waals surface area contributed by atoms with Gasteiger partial charge in [-0.05, 0) is 30.3 Å². The Morgan fingerprint density at radius 3 is 2.21 bits per heavy atom. The summed E-state index contributed by atoms with van der Waals surface area (Å²) in [5.41, 5.74) is 9.10. The van der Waals surface area contributed by atoms with E-state index in [4.69, 9.17) is 11.6 Å². The zero-order chi connectivity index (χ0) is 22.1. The summed E-state index contributed by atoms with van der Waals surface area (Å²) in [6, 6.07) is 10.7. The highest BCUT2D eigenvalue weighted by atomic mass is 19.1. The van der Waals surface area contributed by atoms with Crippen molar-refractivity contribution in [3.05, 3.63) is 70.4 Å². The molecule has 0 radical (unpaired) electrons. The van der Waals surface area contributed by atoms with Crippen molar-refractivity contribution in [1.29, 1.82) is 0 Å². The molecular weight excluding hydrogens is 381 g/mol. The molecule has 5 N–H and O–H groups in total. The van der Waals surface area contributed by atoms with E-state index in [2.05, 4.69) is 20.5 Å². The number of hydrazone groups is 1. The van der Waals surface area contributed by atoms with Crippen molar-refractivity contribution >= 4 is 35.7 Å². The van der Waals surface area contributed by atoms with Crippen LogP contribution in [0.5, 0.6) is 0 Å². The zero-order valence-electron chi connectivity index (χ0n) is 15.9. The molecular formula is C19H22FN5O4. The van der Waals surface area contributed by atoms with E-state index in [0.717, 1.165) is 0 Å². The van der Waals surface area contributed by atoms with E-state index in [1.54, 1.807) is 32.4 Å². The maximum Gasteiger partial charge on any atom is 0.150 e. The van der Waals surface area contributed by atoms with Gasteiger partial charge in [0, 0.05) is 36.6 Å². The second-order valence-electron chi connectivity index (χ2n) is 5.09. The minimum atomic E-state index is -0.178. The van der Waals surface area contributed by atoms with Gasteiger partial charge in [0.05, 0.1) is 17.2 Å². The lowest BCUT2D eigenvalue weighted by atomic mass is 9.98. The summed E-state index contributed by atoms with van der Waals surface area (Å²) in [6.07, 6.45) is 3.41. The second kappa shape index (κ2) is 15.2. The number of allylic oxidation sites excluding steroid dienone is 2. The molecule has 29 heavy (non-hydrogen) atoms. The Kier molecular flexibility index (Phi) is 13.1. The number of nitroso groups, excluding NO2 is 1. The maximum atomic E-state index is 11.9. The van der Waals surface area contributed by atoms with E-state index in [9.17, 15) is 18.9 Å². The van der Waals surface area contributed by atoms with E-state index in [1.807, 2.05) is 0 Å². The van der Waals surface area contributed by atoms with E-state index in [1.165, 1.54) is 36.6 Å². The van der Waals surface area contributed by atoms with Crippen LogP contribution in [0.3, 0.4) is 0 Å². The van der Waals surface area contributed by atoms with Gasteiger partial charge in [0.15, 0.2) is 6.29 Å². The third-order valence-corrected chi connectivity index (χ3v) is 2.98. The number of hydrogen-bond acceptors (Lipinski definition) is 8. The largest absolute Gasteiger partial charge is 0.398 e. The first-order valence-corrected chi connectivity index (χ1v) is 7.95. The van der Waals surface area contributed by atoms with Crippen molar-refractivity contribution in [1.82, 2.24) is 0 Å². The molecule has 0 unspecified atom stereocenters. The number of rotatable bonds is 6. The molecule has 9 nitrogen and oxygen atoms in total. The molecule has 2 aromatic carbocycles. The van der Waals surface area contributed by atoms with Gasteiger partial charge in [0.2, 0.25) is 0 Å². The number of aldehydes is 2. The number of benzene rings is 2. The summed E-state index contributed by atoms with van der Waals surface area (Å²) in [4.78, 5) is 31.8. The summed E-state index contributed by atoms with van der Waals surface area (Å²) in [5, 5.41) is 5.78. The van der Waals surface area contributed by atoms with E-state index >= 15 is 0 Å². The third-order valence-electron chi connectivity index (χ3n) is 2.98. The SMILES string of the molecule is COC.Fc1ccccc1.N/N=C\C(=C/C=O)c1c(N)cc(NN=O)cc1C=O. The molecule has 2 aromatic rings. The Hall–Kier alpha value is -3.92. The normalized spacial score (nSPS) is 10.1. The summed E-state index contributed by atoms with van der Waals surface area (Å²) < 4.78 is 16.2. The van der Waals surface area contributed by atoms with Crippen LogP contribution in [0, 0.1) is 10.7 Å². The van der Waals surface area contributed by atoms with Gasteiger partial charge in [0.1, 0.15) is 12.1 Å². The standard InChI is InChI=1S/C11H11N5O3.C6H5F.C2H6O/c12-10-4-9(15-16-19)3-8(6-18)11(10)7(1-2-17)5-14-13;7-6-4-2-1-3-5-6;1-3-2/h1-6H,12-13H2,(H,15,19);1-5H;1-2H3/b7-1+,14-5-;;. The quantitative estimate of drug-likeness (QED) is 0.128. The molecule has 154 valence electrons. The number of halogens is 1. The molecule has 0 bridgehead atoms. The highest BCUT2D eigenvalue weighted by molar-refractivity contribution is 6.17. The Morgan fingerprint density at radius 1 is 1.17 bits per heavy atom. The molecule has 10 heteroatoms. The van der Waals surface area contributed by atoms with E-state index in [-0.39, 0.29) is 28.3 Å². The van der Waals surface area contributed by atoms with Gasteiger partial charge in [0.25, 0.3) is 0 Å². The van der Waals surface area contributed by atoms with Gasteiger partial charge in [-0.3, -0.25) is 9.59 Å². The molecule has 0 amide bonds. The lowest BCUT2D eigenvalue weighted by Crippen LogP contribution is -2.03.